The fraction of sp³-hybridized carbons (Fsp3) is 0.500. The van der Waals surface area contributed by atoms with Gasteiger partial charge in [0.15, 0.2) is 0 Å². The molecule has 11 heavy (non-hydrogen) atoms. The lowest BCUT2D eigenvalue weighted by Crippen LogP contribution is -2.15. The second-order valence-corrected chi connectivity index (χ2v) is 4.15. The first-order chi connectivity index (χ1) is 5.34. The van der Waals surface area contributed by atoms with Crippen molar-refractivity contribution in [3.05, 3.63) is 20.8 Å². The van der Waals surface area contributed by atoms with E-state index in [-0.39, 0.29) is 0 Å². The Morgan fingerprint density at radius 2 is 2.45 bits per heavy atom. The SMILES string of the molecule is CCNCCc1sccc1Br. The second-order valence-electron chi connectivity index (χ2n) is 2.30. The predicted molar refractivity (Wildman–Crippen MR) is 54.3 cm³/mol. The molecule has 1 nitrogen and oxygen atoms in total. The van der Waals surface area contributed by atoms with Crippen LogP contribution >= 0.6 is 27.3 Å². The lowest BCUT2D eigenvalue weighted by atomic mass is 10.3. The van der Waals surface area contributed by atoms with Crippen LogP contribution in [0, 0.1) is 0 Å². The molecule has 1 heterocycles. The highest BCUT2D eigenvalue weighted by Crippen LogP contribution is 2.22. The van der Waals surface area contributed by atoms with Crippen LogP contribution in [-0.4, -0.2) is 13.1 Å². The Kier molecular flexibility index (Phi) is 4.12. The molecule has 0 aliphatic carbocycles. The van der Waals surface area contributed by atoms with E-state index in [0.29, 0.717) is 0 Å². The Morgan fingerprint density at radius 1 is 1.64 bits per heavy atom. The number of hydrogen-bond donors (Lipinski definition) is 1. The molecule has 0 aliphatic heterocycles. The number of halogens is 1. The zero-order chi connectivity index (χ0) is 8.10. The van der Waals surface area contributed by atoms with Crippen LogP contribution in [0.4, 0.5) is 0 Å². The maximum atomic E-state index is 3.50. The maximum absolute atomic E-state index is 3.50. The predicted octanol–water partition coefficient (Wildman–Crippen LogP) is 2.66. The van der Waals surface area contributed by atoms with Gasteiger partial charge in [-0.3, -0.25) is 0 Å². The quantitative estimate of drug-likeness (QED) is 0.790. The van der Waals surface area contributed by atoms with Gasteiger partial charge in [-0.1, -0.05) is 6.92 Å². The molecule has 0 aliphatic rings. The van der Waals surface area contributed by atoms with Crippen LogP contribution in [0.3, 0.4) is 0 Å². The topological polar surface area (TPSA) is 12.0 Å². The van der Waals surface area contributed by atoms with Crippen LogP contribution in [0.1, 0.15) is 11.8 Å². The third-order valence-corrected chi connectivity index (χ3v) is 3.46. The molecular weight excluding hydrogens is 222 g/mol. The summed E-state index contributed by atoms with van der Waals surface area (Å²) in [6, 6.07) is 2.10. The highest BCUT2D eigenvalue weighted by atomic mass is 79.9. The number of likely N-dealkylation sites (N-methyl/N-ethyl adjacent to an activating group) is 1. The van der Waals surface area contributed by atoms with E-state index in [2.05, 4.69) is 39.6 Å². The molecule has 0 aromatic carbocycles. The monoisotopic (exact) mass is 233 g/mol. The van der Waals surface area contributed by atoms with E-state index >= 15 is 0 Å². The van der Waals surface area contributed by atoms with E-state index in [0.717, 1.165) is 19.5 Å². The zero-order valence-electron chi connectivity index (χ0n) is 6.56. The van der Waals surface area contributed by atoms with Crippen molar-refractivity contribution < 1.29 is 0 Å². The highest BCUT2D eigenvalue weighted by Gasteiger charge is 1.98. The van der Waals surface area contributed by atoms with Crippen LogP contribution in [0.5, 0.6) is 0 Å². The van der Waals surface area contributed by atoms with Crippen LogP contribution in [0.15, 0.2) is 15.9 Å². The van der Waals surface area contributed by atoms with Gasteiger partial charge >= 0.3 is 0 Å². The largest absolute Gasteiger partial charge is 0.317 e. The molecule has 0 amide bonds. The fourth-order valence-electron chi connectivity index (χ4n) is 0.882. The van der Waals surface area contributed by atoms with Gasteiger partial charge in [0.05, 0.1) is 0 Å². The number of nitrogens with one attached hydrogen (secondary N) is 1. The van der Waals surface area contributed by atoms with Gasteiger partial charge in [-0.15, -0.1) is 11.3 Å². The molecule has 3 heteroatoms. The molecule has 62 valence electrons. The third kappa shape index (κ3) is 2.93. The Balaban J connectivity index is 2.32. The first-order valence-electron chi connectivity index (χ1n) is 3.77. The van der Waals surface area contributed by atoms with Gasteiger partial charge in [0.25, 0.3) is 0 Å². The molecule has 0 unspecified atom stereocenters. The lowest BCUT2D eigenvalue weighted by molar-refractivity contribution is 0.720. The van der Waals surface area contributed by atoms with Gasteiger partial charge < -0.3 is 5.32 Å². The molecule has 0 saturated carbocycles. The number of rotatable bonds is 4. The van der Waals surface area contributed by atoms with Crippen molar-refractivity contribution in [1.82, 2.24) is 5.32 Å². The normalized spacial score (nSPS) is 10.4. The average molecular weight is 234 g/mol. The molecular formula is C8H12BrNS. The molecule has 1 aromatic heterocycles. The summed E-state index contributed by atoms with van der Waals surface area (Å²) in [5.74, 6) is 0. The standard InChI is InChI=1S/C8H12BrNS/c1-2-10-5-3-8-7(9)4-6-11-8/h4,6,10H,2-3,5H2,1H3. The van der Waals surface area contributed by atoms with Gasteiger partial charge in [-0.05, 0) is 46.9 Å². The Labute approximate surface area is 79.9 Å². The first kappa shape index (κ1) is 9.23. The van der Waals surface area contributed by atoms with Crippen molar-refractivity contribution in [2.24, 2.45) is 0 Å². The van der Waals surface area contributed by atoms with Crippen molar-refractivity contribution in [3.63, 3.8) is 0 Å². The third-order valence-electron chi connectivity index (χ3n) is 1.47. The zero-order valence-corrected chi connectivity index (χ0v) is 8.96. The van der Waals surface area contributed by atoms with E-state index in [1.807, 2.05) is 11.3 Å². The summed E-state index contributed by atoms with van der Waals surface area (Å²) in [6.07, 6.45) is 1.13. The van der Waals surface area contributed by atoms with Gasteiger partial charge in [-0.2, -0.15) is 0 Å². The second kappa shape index (κ2) is 4.91. The van der Waals surface area contributed by atoms with Crippen LogP contribution in [-0.2, 0) is 6.42 Å². The van der Waals surface area contributed by atoms with Crippen molar-refractivity contribution in [1.29, 1.82) is 0 Å². The summed E-state index contributed by atoms with van der Waals surface area (Å²) in [4.78, 5) is 1.44. The van der Waals surface area contributed by atoms with Crippen LogP contribution < -0.4 is 5.32 Å². The van der Waals surface area contributed by atoms with E-state index < -0.39 is 0 Å². The van der Waals surface area contributed by atoms with Crippen molar-refractivity contribution in [2.75, 3.05) is 13.1 Å². The fourth-order valence-corrected chi connectivity index (χ4v) is 2.44. The molecule has 1 rings (SSSR count). The molecule has 0 bridgehead atoms. The minimum absolute atomic E-state index is 1.06. The molecule has 0 saturated heterocycles. The van der Waals surface area contributed by atoms with E-state index in [9.17, 15) is 0 Å². The molecule has 0 fully saturated rings. The molecule has 0 radical (unpaired) electrons. The summed E-state index contributed by atoms with van der Waals surface area (Å²) in [7, 11) is 0. The van der Waals surface area contributed by atoms with Crippen molar-refractivity contribution in [3.8, 4) is 0 Å². The summed E-state index contributed by atoms with van der Waals surface area (Å²) in [5.41, 5.74) is 0. The van der Waals surface area contributed by atoms with Crippen LogP contribution in [0.2, 0.25) is 0 Å². The van der Waals surface area contributed by atoms with Crippen molar-refractivity contribution >= 4 is 27.3 Å². The Morgan fingerprint density at radius 3 is 3.00 bits per heavy atom. The minimum Gasteiger partial charge on any atom is -0.317 e. The van der Waals surface area contributed by atoms with Gasteiger partial charge in [0, 0.05) is 9.35 Å². The summed E-state index contributed by atoms with van der Waals surface area (Å²) >= 11 is 5.31. The molecule has 1 N–H and O–H groups in total. The average Bonchev–Trinajstić information content (AvgIpc) is 2.37. The summed E-state index contributed by atoms with van der Waals surface area (Å²) in [5, 5.41) is 5.42. The van der Waals surface area contributed by atoms with Gasteiger partial charge in [-0.25, -0.2) is 0 Å². The summed E-state index contributed by atoms with van der Waals surface area (Å²) in [6.45, 7) is 4.27. The minimum atomic E-state index is 1.06. The molecule has 0 atom stereocenters. The van der Waals surface area contributed by atoms with Crippen LogP contribution in [0.25, 0.3) is 0 Å². The maximum Gasteiger partial charge on any atom is 0.0314 e. The van der Waals surface area contributed by atoms with Crippen molar-refractivity contribution in [2.45, 2.75) is 13.3 Å². The van der Waals surface area contributed by atoms with Gasteiger partial charge in [0.1, 0.15) is 0 Å². The van der Waals surface area contributed by atoms with E-state index in [1.165, 1.54) is 9.35 Å². The van der Waals surface area contributed by atoms with E-state index in [4.69, 9.17) is 0 Å². The van der Waals surface area contributed by atoms with E-state index in [1.54, 1.807) is 0 Å². The Hall–Kier alpha value is 0.140. The summed E-state index contributed by atoms with van der Waals surface area (Å²) < 4.78 is 1.25. The first-order valence-corrected chi connectivity index (χ1v) is 5.44. The Bertz CT molecular complexity index is 210. The highest BCUT2D eigenvalue weighted by molar-refractivity contribution is 9.10. The molecule has 1 aromatic rings. The van der Waals surface area contributed by atoms with Gasteiger partial charge in [0.2, 0.25) is 0 Å². The smallest absolute Gasteiger partial charge is 0.0314 e. The number of thiophene rings is 1. The molecule has 0 spiro atoms. The number of hydrogen-bond acceptors (Lipinski definition) is 2. The lowest BCUT2D eigenvalue weighted by Gasteiger charge is -1.98.